The first-order valence-corrected chi connectivity index (χ1v) is 13.6. The van der Waals surface area contributed by atoms with Crippen LogP contribution in [0.1, 0.15) is 30.5 Å². The van der Waals surface area contributed by atoms with E-state index in [0.29, 0.717) is 37.4 Å². The van der Waals surface area contributed by atoms with E-state index in [-0.39, 0.29) is 42.1 Å². The van der Waals surface area contributed by atoms with Gasteiger partial charge in [-0.3, -0.25) is 14.4 Å². The van der Waals surface area contributed by atoms with Gasteiger partial charge in [-0.2, -0.15) is 0 Å². The second-order valence-electron chi connectivity index (χ2n) is 10.8. The lowest BCUT2D eigenvalue weighted by Crippen LogP contribution is -2.59. The number of benzene rings is 2. The summed E-state index contributed by atoms with van der Waals surface area (Å²) >= 11 is 0. The van der Waals surface area contributed by atoms with E-state index >= 15 is 0 Å². The van der Waals surface area contributed by atoms with Crippen LogP contribution in [0, 0.1) is 18.7 Å². The van der Waals surface area contributed by atoms with Crippen molar-refractivity contribution >= 4 is 17.7 Å². The third kappa shape index (κ3) is 7.57. The number of ether oxygens (including phenoxy) is 1. The molecular weight excluding hydrogens is 515 g/mol. The number of hydrogen-bond donors (Lipinski definition) is 2. The van der Waals surface area contributed by atoms with Crippen molar-refractivity contribution in [3.8, 4) is 5.75 Å². The molecular formula is C30H41FN4O5. The van der Waals surface area contributed by atoms with E-state index in [0.717, 1.165) is 5.56 Å². The zero-order valence-electron chi connectivity index (χ0n) is 24.0. The molecule has 1 aliphatic rings. The number of rotatable bonds is 10. The maximum Gasteiger partial charge on any atom is 0.246 e. The number of carbonyl (C=O) groups is 3. The number of hydrogen-bond acceptors (Lipinski definition) is 6. The number of amides is 3. The van der Waals surface area contributed by atoms with Gasteiger partial charge in [-0.05, 0) is 54.2 Å². The van der Waals surface area contributed by atoms with E-state index in [1.807, 2.05) is 13.8 Å². The van der Waals surface area contributed by atoms with Gasteiger partial charge in [0.15, 0.2) is 0 Å². The second-order valence-corrected chi connectivity index (χ2v) is 10.8. The molecule has 2 aromatic carbocycles. The minimum absolute atomic E-state index is 0.154. The van der Waals surface area contributed by atoms with Gasteiger partial charge in [-0.15, -0.1) is 0 Å². The number of halogens is 1. The highest BCUT2D eigenvalue weighted by atomic mass is 19.1. The predicted molar refractivity (Wildman–Crippen MR) is 150 cm³/mol. The monoisotopic (exact) mass is 556 g/mol. The van der Waals surface area contributed by atoms with Crippen molar-refractivity contribution in [1.29, 1.82) is 0 Å². The fraction of sp³-hybridized carbons (Fsp3) is 0.500. The molecule has 3 N–H and O–H groups in total. The maximum atomic E-state index is 14.0. The summed E-state index contributed by atoms with van der Waals surface area (Å²) < 4.78 is 18.7. The van der Waals surface area contributed by atoms with Crippen LogP contribution in [0.25, 0.3) is 0 Å². The number of carbonyl (C=O) groups excluding carboxylic acids is 3. The van der Waals surface area contributed by atoms with E-state index in [2.05, 4.69) is 0 Å². The molecule has 0 spiro atoms. The van der Waals surface area contributed by atoms with Crippen LogP contribution in [-0.4, -0.2) is 96.1 Å². The van der Waals surface area contributed by atoms with E-state index in [1.54, 1.807) is 56.3 Å². The molecule has 9 nitrogen and oxygen atoms in total. The number of nitrogens with zero attached hydrogens (tertiary/aromatic N) is 3. The van der Waals surface area contributed by atoms with Gasteiger partial charge in [0.1, 0.15) is 23.7 Å². The topological polar surface area (TPSA) is 116 Å². The Labute approximate surface area is 235 Å². The summed E-state index contributed by atoms with van der Waals surface area (Å²) in [6, 6.07) is 8.28. The molecule has 0 saturated carbocycles. The van der Waals surface area contributed by atoms with Crippen molar-refractivity contribution in [3.05, 3.63) is 65.0 Å². The van der Waals surface area contributed by atoms with Gasteiger partial charge in [0, 0.05) is 33.6 Å². The molecule has 0 aromatic heterocycles. The maximum absolute atomic E-state index is 14.0. The molecule has 1 aliphatic heterocycles. The summed E-state index contributed by atoms with van der Waals surface area (Å²) in [6.07, 6.45) is 0.433. The van der Waals surface area contributed by atoms with Crippen molar-refractivity contribution < 1.29 is 28.6 Å². The standard InChI is InChI=1S/C30H41FN4O5/c1-19(2)27(34(5)28(37)24(32)17-21-6-9-23(31)10-7-21)30(39)33(4)25(29(38)35-12-14-40-15-13-35)18-22-8-11-26(36)20(3)16-22/h6-11,16,19,24-25,27,36H,12-15,17-18,32H2,1-5H3/t24-,25-,27-/m0/s1. The Morgan fingerprint density at radius 2 is 1.57 bits per heavy atom. The van der Waals surface area contributed by atoms with Crippen LogP contribution in [0.3, 0.4) is 0 Å². The summed E-state index contributed by atoms with van der Waals surface area (Å²) in [5, 5.41) is 9.97. The molecule has 40 heavy (non-hydrogen) atoms. The highest BCUT2D eigenvalue weighted by molar-refractivity contribution is 5.93. The van der Waals surface area contributed by atoms with Gasteiger partial charge in [-0.25, -0.2) is 4.39 Å². The first-order chi connectivity index (χ1) is 18.9. The van der Waals surface area contributed by atoms with Crippen LogP contribution >= 0.6 is 0 Å². The molecule has 0 bridgehead atoms. The van der Waals surface area contributed by atoms with Crippen molar-refractivity contribution in [2.45, 2.75) is 51.7 Å². The Balaban J connectivity index is 1.84. The van der Waals surface area contributed by atoms with Crippen molar-refractivity contribution in [1.82, 2.24) is 14.7 Å². The lowest BCUT2D eigenvalue weighted by atomic mass is 9.96. The highest BCUT2D eigenvalue weighted by Crippen LogP contribution is 2.22. The lowest BCUT2D eigenvalue weighted by Gasteiger charge is -2.39. The smallest absolute Gasteiger partial charge is 0.246 e. The minimum Gasteiger partial charge on any atom is -0.508 e. The first kappa shape index (κ1) is 31.0. The molecule has 2 aromatic rings. The van der Waals surface area contributed by atoms with Crippen LogP contribution in [0.4, 0.5) is 4.39 Å². The first-order valence-electron chi connectivity index (χ1n) is 13.6. The molecule has 3 atom stereocenters. The molecule has 1 saturated heterocycles. The summed E-state index contributed by atoms with van der Waals surface area (Å²) in [5.74, 6) is -1.48. The van der Waals surface area contributed by atoms with Gasteiger partial charge in [0.2, 0.25) is 17.7 Å². The number of phenolic OH excluding ortho intramolecular Hbond substituents is 1. The van der Waals surface area contributed by atoms with Crippen molar-refractivity contribution in [3.63, 3.8) is 0 Å². The largest absolute Gasteiger partial charge is 0.508 e. The fourth-order valence-corrected chi connectivity index (χ4v) is 5.07. The Bertz CT molecular complexity index is 1180. The molecule has 1 heterocycles. The molecule has 3 rings (SSSR count). The number of morpholine rings is 1. The quantitative estimate of drug-likeness (QED) is 0.463. The highest BCUT2D eigenvalue weighted by Gasteiger charge is 2.39. The molecule has 0 unspecified atom stereocenters. The average Bonchev–Trinajstić information content (AvgIpc) is 2.93. The van der Waals surface area contributed by atoms with Crippen LogP contribution in [-0.2, 0) is 32.0 Å². The van der Waals surface area contributed by atoms with Gasteiger partial charge in [0.25, 0.3) is 0 Å². The van der Waals surface area contributed by atoms with Crippen LogP contribution < -0.4 is 5.73 Å². The van der Waals surface area contributed by atoms with E-state index < -0.39 is 24.0 Å². The van der Waals surface area contributed by atoms with Crippen LogP contribution in [0.15, 0.2) is 42.5 Å². The number of aryl methyl sites for hydroxylation is 1. The Kier molecular flexibility index (Phi) is 10.6. The molecule has 1 fully saturated rings. The van der Waals surface area contributed by atoms with E-state index in [9.17, 15) is 23.9 Å². The average molecular weight is 557 g/mol. The van der Waals surface area contributed by atoms with Crippen molar-refractivity contribution in [2.75, 3.05) is 40.4 Å². The molecule has 0 aliphatic carbocycles. The lowest BCUT2D eigenvalue weighted by molar-refractivity contribution is -0.153. The Morgan fingerprint density at radius 3 is 2.15 bits per heavy atom. The SMILES string of the molecule is Cc1cc(C[C@@H](C(=O)N2CCOCC2)N(C)C(=O)[C@H](C(C)C)N(C)C(=O)[C@@H](N)Cc2ccc(F)cc2)ccc1O. The third-order valence-corrected chi connectivity index (χ3v) is 7.45. The van der Waals surface area contributed by atoms with Crippen LogP contribution in [0.2, 0.25) is 0 Å². The summed E-state index contributed by atoms with van der Waals surface area (Å²) in [7, 11) is 3.14. The Hall–Kier alpha value is -3.50. The number of nitrogens with two attached hydrogens (primary N) is 1. The summed E-state index contributed by atoms with van der Waals surface area (Å²) in [6.45, 7) is 7.16. The second kappa shape index (κ2) is 13.7. The van der Waals surface area contributed by atoms with Crippen molar-refractivity contribution in [2.24, 2.45) is 11.7 Å². The van der Waals surface area contributed by atoms with Gasteiger partial charge in [0.05, 0.1) is 19.3 Å². The molecule has 10 heteroatoms. The van der Waals surface area contributed by atoms with Gasteiger partial charge >= 0.3 is 0 Å². The summed E-state index contributed by atoms with van der Waals surface area (Å²) in [4.78, 5) is 45.6. The number of aromatic hydroxyl groups is 1. The van der Waals surface area contributed by atoms with E-state index in [4.69, 9.17) is 10.5 Å². The minimum atomic E-state index is -0.930. The number of phenols is 1. The van der Waals surface area contributed by atoms with Crippen LogP contribution in [0.5, 0.6) is 5.75 Å². The normalized spacial score (nSPS) is 15.8. The third-order valence-electron chi connectivity index (χ3n) is 7.45. The van der Waals surface area contributed by atoms with Gasteiger partial charge in [-0.1, -0.05) is 38.1 Å². The predicted octanol–water partition coefficient (Wildman–Crippen LogP) is 2.12. The zero-order chi connectivity index (χ0) is 29.6. The Morgan fingerprint density at radius 1 is 0.975 bits per heavy atom. The summed E-state index contributed by atoms with van der Waals surface area (Å²) in [5.41, 5.74) is 8.41. The van der Waals surface area contributed by atoms with E-state index in [1.165, 1.54) is 21.9 Å². The zero-order valence-corrected chi connectivity index (χ0v) is 24.0. The number of likely N-dealkylation sites (N-methyl/N-ethyl adjacent to an activating group) is 2. The fourth-order valence-electron chi connectivity index (χ4n) is 5.07. The molecule has 3 amide bonds. The molecule has 218 valence electrons. The molecule has 0 radical (unpaired) electrons. The van der Waals surface area contributed by atoms with Gasteiger partial charge < -0.3 is 30.3 Å².